The molecule has 4 rings (SSSR count). The first kappa shape index (κ1) is 27.1. The number of methoxy groups -OCH3 is 1. The number of rotatable bonds is 8. The number of nitrogens with two attached hydrogens (primary N) is 1. The van der Waals surface area contributed by atoms with Gasteiger partial charge in [0.15, 0.2) is 11.5 Å². The summed E-state index contributed by atoms with van der Waals surface area (Å²) in [4.78, 5) is 15.3. The van der Waals surface area contributed by atoms with E-state index in [1.807, 2.05) is 43.9 Å². The van der Waals surface area contributed by atoms with Crippen molar-refractivity contribution in [3.63, 3.8) is 0 Å². The van der Waals surface area contributed by atoms with Gasteiger partial charge in [-0.1, -0.05) is 45.0 Å². The van der Waals surface area contributed by atoms with Crippen LogP contribution in [0.25, 0.3) is 0 Å². The van der Waals surface area contributed by atoms with Gasteiger partial charge in [-0.15, -0.1) is 0 Å². The zero-order valence-corrected chi connectivity index (χ0v) is 21.8. The minimum absolute atomic E-state index is 0.00489. The maximum atomic E-state index is 13.3. The first-order chi connectivity index (χ1) is 16.0. The van der Waals surface area contributed by atoms with E-state index in [4.69, 9.17) is 15.2 Å². The van der Waals surface area contributed by atoms with Crippen molar-refractivity contribution in [1.29, 1.82) is 0 Å². The third kappa shape index (κ3) is 6.90. The molecule has 1 saturated carbocycles. The van der Waals surface area contributed by atoms with Crippen molar-refractivity contribution in [2.45, 2.75) is 65.6 Å². The number of carbonyl (C=O) groups is 1. The summed E-state index contributed by atoms with van der Waals surface area (Å²) in [5.74, 6) is 2.41. The number of hydrogen-bond acceptors (Lipinski definition) is 5. The molecule has 0 saturated heterocycles. The second-order valence-electron chi connectivity index (χ2n) is 7.89. The minimum atomic E-state index is -0.00489. The molecule has 0 unspecified atom stereocenters. The Bertz CT molecular complexity index is 899. The van der Waals surface area contributed by atoms with E-state index in [9.17, 15) is 4.79 Å². The summed E-state index contributed by atoms with van der Waals surface area (Å²) in [5.41, 5.74) is 9.45. The summed E-state index contributed by atoms with van der Waals surface area (Å²) >= 11 is 1.75. The quantitative estimate of drug-likeness (QED) is 0.522. The lowest BCUT2D eigenvalue weighted by Crippen LogP contribution is -2.31. The standard InChI is InChI=1S/C22H27NO3S.C3H7N.C2H6/c1-5-15-8-7-9-17-13-23(22(24)21(15)17)18(14-27-4)16-10-11-19(25-3)20(12-16)26-6-2;4-3-1-2-3;1-2/h7-12,18H,5-6,13-14H2,1-4H3;3H,1-2,4H2;1-2H3/t18-;;/m1../s1. The summed E-state index contributed by atoms with van der Waals surface area (Å²) in [6.07, 6.45) is 5.47. The van der Waals surface area contributed by atoms with Crippen LogP contribution in [-0.2, 0) is 13.0 Å². The number of hydrogen-bond donors (Lipinski definition) is 1. The molecule has 0 spiro atoms. The Morgan fingerprint density at radius 2 is 1.85 bits per heavy atom. The Morgan fingerprint density at radius 3 is 2.39 bits per heavy atom. The third-order valence-electron chi connectivity index (χ3n) is 5.63. The van der Waals surface area contributed by atoms with Crippen molar-refractivity contribution >= 4 is 17.7 Å². The molecule has 1 heterocycles. The van der Waals surface area contributed by atoms with E-state index in [1.165, 1.54) is 12.8 Å². The summed E-state index contributed by atoms with van der Waals surface area (Å²) in [7, 11) is 1.64. The van der Waals surface area contributed by atoms with Gasteiger partial charge in [-0.05, 0) is 61.3 Å². The number of carbonyl (C=O) groups excluding carboxylic acids is 1. The highest BCUT2D eigenvalue weighted by molar-refractivity contribution is 7.98. The fraction of sp³-hybridized carbons (Fsp3) is 0.519. The molecule has 1 amide bonds. The van der Waals surface area contributed by atoms with Gasteiger partial charge in [-0.25, -0.2) is 0 Å². The van der Waals surface area contributed by atoms with E-state index in [0.29, 0.717) is 24.9 Å². The Kier molecular flexibility index (Phi) is 11.1. The van der Waals surface area contributed by atoms with Crippen molar-refractivity contribution in [3.05, 3.63) is 58.7 Å². The first-order valence-electron chi connectivity index (χ1n) is 12.0. The fourth-order valence-corrected chi connectivity index (χ4v) is 4.48. The molecule has 182 valence electrons. The van der Waals surface area contributed by atoms with E-state index in [1.54, 1.807) is 18.9 Å². The Balaban J connectivity index is 0.000000567. The fourth-order valence-electron chi connectivity index (χ4n) is 3.79. The van der Waals surface area contributed by atoms with Crippen LogP contribution in [0.5, 0.6) is 11.5 Å². The molecular formula is C27H40N2O3S. The lowest BCUT2D eigenvalue weighted by Gasteiger charge is -2.28. The minimum Gasteiger partial charge on any atom is -0.493 e. The molecule has 2 N–H and O–H groups in total. The van der Waals surface area contributed by atoms with Crippen molar-refractivity contribution < 1.29 is 14.3 Å². The summed E-state index contributed by atoms with van der Waals surface area (Å²) in [6.45, 7) is 9.28. The SMILES string of the molecule is CC.CCOc1cc([C@@H](CSC)N2Cc3cccc(CC)c3C2=O)ccc1OC.NC1CC1. The van der Waals surface area contributed by atoms with E-state index in [-0.39, 0.29) is 11.9 Å². The number of amides is 1. The summed E-state index contributed by atoms with van der Waals surface area (Å²) in [5, 5.41) is 0. The van der Waals surface area contributed by atoms with E-state index in [2.05, 4.69) is 31.4 Å². The van der Waals surface area contributed by atoms with Crippen LogP contribution in [0, 0.1) is 0 Å². The average molecular weight is 473 g/mol. The van der Waals surface area contributed by atoms with Gasteiger partial charge >= 0.3 is 0 Å². The molecule has 6 heteroatoms. The van der Waals surface area contributed by atoms with E-state index in [0.717, 1.165) is 40.2 Å². The average Bonchev–Trinajstić information content (AvgIpc) is 3.56. The van der Waals surface area contributed by atoms with Gasteiger partial charge < -0.3 is 20.1 Å². The zero-order valence-electron chi connectivity index (χ0n) is 21.0. The van der Waals surface area contributed by atoms with Crippen LogP contribution in [0.2, 0.25) is 0 Å². The maximum Gasteiger partial charge on any atom is 0.255 e. The monoisotopic (exact) mass is 472 g/mol. The van der Waals surface area contributed by atoms with Crippen LogP contribution in [0.15, 0.2) is 36.4 Å². The molecule has 2 aromatic carbocycles. The number of fused-ring (bicyclic) bond motifs is 1. The van der Waals surface area contributed by atoms with Gasteiger partial charge in [0.2, 0.25) is 0 Å². The predicted octanol–water partition coefficient (Wildman–Crippen LogP) is 5.85. The molecule has 0 aromatic heterocycles. The number of nitrogens with zero attached hydrogens (tertiary/aromatic N) is 1. The zero-order chi connectivity index (χ0) is 24.4. The third-order valence-corrected chi connectivity index (χ3v) is 6.28. The molecule has 1 atom stereocenters. The second-order valence-corrected chi connectivity index (χ2v) is 8.80. The highest BCUT2D eigenvalue weighted by Crippen LogP contribution is 2.38. The van der Waals surface area contributed by atoms with Crippen LogP contribution in [0.1, 0.15) is 73.6 Å². The highest BCUT2D eigenvalue weighted by atomic mass is 32.2. The van der Waals surface area contributed by atoms with Gasteiger partial charge in [0.05, 0.1) is 19.8 Å². The smallest absolute Gasteiger partial charge is 0.255 e. The van der Waals surface area contributed by atoms with Gasteiger partial charge in [-0.3, -0.25) is 4.79 Å². The normalized spacial score (nSPS) is 15.0. The molecule has 2 aliphatic rings. The molecule has 2 aromatic rings. The van der Waals surface area contributed by atoms with Gasteiger partial charge in [0, 0.05) is 23.9 Å². The Hall–Kier alpha value is -2.18. The highest BCUT2D eigenvalue weighted by Gasteiger charge is 2.35. The first-order valence-corrected chi connectivity index (χ1v) is 13.4. The molecular weight excluding hydrogens is 432 g/mol. The number of aryl methyl sites for hydroxylation is 1. The van der Waals surface area contributed by atoms with Crippen LogP contribution < -0.4 is 15.2 Å². The molecule has 0 radical (unpaired) electrons. The second kappa shape index (κ2) is 13.5. The van der Waals surface area contributed by atoms with Gasteiger partial charge in [0.25, 0.3) is 5.91 Å². The van der Waals surface area contributed by atoms with Crippen LogP contribution in [0.4, 0.5) is 0 Å². The number of ether oxygens (including phenoxy) is 2. The summed E-state index contributed by atoms with van der Waals surface area (Å²) in [6, 6.07) is 12.7. The largest absolute Gasteiger partial charge is 0.493 e. The molecule has 33 heavy (non-hydrogen) atoms. The maximum absolute atomic E-state index is 13.3. The summed E-state index contributed by atoms with van der Waals surface area (Å²) < 4.78 is 11.2. The molecule has 1 aliphatic heterocycles. The van der Waals surface area contributed by atoms with Crippen molar-refractivity contribution in [2.75, 3.05) is 25.7 Å². The van der Waals surface area contributed by atoms with Crippen molar-refractivity contribution in [2.24, 2.45) is 5.73 Å². The van der Waals surface area contributed by atoms with E-state index >= 15 is 0 Å². The molecule has 5 nitrogen and oxygen atoms in total. The van der Waals surface area contributed by atoms with Crippen molar-refractivity contribution in [1.82, 2.24) is 4.90 Å². The number of thioether (sulfide) groups is 1. The number of benzene rings is 2. The molecule has 1 fully saturated rings. The van der Waals surface area contributed by atoms with Gasteiger partial charge in [0.1, 0.15) is 0 Å². The van der Waals surface area contributed by atoms with E-state index < -0.39 is 0 Å². The molecule has 1 aliphatic carbocycles. The molecule has 0 bridgehead atoms. The lowest BCUT2D eigenvalue weighted by molar-refractivity contribution is 0.0718. The topological polar surface area (TPSA) is 64.8 Å². The Labute approximate surface area is 204 Å². The van der Waals surface area contributed by atoms with Gasteiger partial charge in [-0.2, -0.15) is 11.8 Å². The van der Waals surface area contributed by atoms with Crippen LogP contribution in [-0.4, -0.2) is 42.6 Å². The van der Waals surface area contributed by atoms with Crippen LogP contribution >= 0.6 is 11.8 Å². The Morgan fingerprint density at radius 1 is 1.15 bits per heavy atom. The lowest BCUT2D eigenvalue weighted by atomic mass is 10.0. The predicted molar refractivity (Wildman–Crippen MR) is 140 cm³/mol. The van der Waals surface area contributed by atoms with Crippen molar-refractivity contribution in [3.8, 4) is 11.5 Å². The van der Waals surface area contributed by atoms with Crippen LogP contribution in [0.3, 0.4) is 0 Å².